The highest BCUT2D eigenvalue weighted by Crippen LogP contribution is 2.21. The minimum Gasteiger partial charge on any atom is -0.423 e. The van der Waals surface area contributed by atoms with Crippen molar-refractivity contribution in [1.82, 2.24) is 10.3 Å². The molecule has 2 aromatic rings. The molecule has 0 aromatic heterocycles. The Morgan fingerprint density at radius 2 is 1.97 bits per heavy atom. The van der Waals surface area contributed by atoms with Gasteiger partial charge in [-0.15, -0.1) is 5.01 Å². The zero-order chi connectivity index (χ0) is 21.9. The van der Waals surface area contributed by atoms with Gasteiger partial charge in [0.2, 0.25) is 0 Å². The average Bonchev–Trinajstić information content (AvgIpc) is 2.96. The van der Waals surface area contributed by atoms with E-state index in [4.69, 9.17) is 4.74 Å². The Morgan fingerprint density at radius 1 is 1.27 bits per heavy atom. The molecule has 0 aliphatic carbocycles. The normalized spacial score (nSPS) is 18.5. The summed E-state index contributed by atoms with van der Waals surface area (Å²) in [5.74, 6) is -0.954. The van der Waals surface area contributed by atoms with E-state index in [0.29, 0.717) is 12.0 Å². The summed E-state index contributed by atoms with van der Waals surface area (Å²) in [4.78, 5) is 46.6. The van der Waals surface area contributed by atoms with Crippen molar-refractivity contribution in [2.75, 3.05) is 0 Å². The van der Waals surface area contributed by atoms with Crippen LogP contribution in [0, 0.1) is 10.1 Å². The Labute approximate surface area is 171 Å². The van der Waals surface area contributed by atoms with Crippen LogP contribution >= 0.6 is 0 Å². The highest BCUT2D eigenvalue weighted by Gasteiger charge is 2.46. The van der Waals surface area contributed by atoms with E-state index in [2.05, 4.69) is 10.4 Å². The van der Waals surface area contributed by atoms with Gasteiger partial charge in [0.25, 0.3) is 11.6 Å². The monoisotopic (exact) mass is 410 g/mol. The molecule has 0 spiro atoms. The third kappa shape index (κ3) is 4.17. The average molecular weight is 410 g/mol. The van der Waals surface area contributed by atoms with Gasteiger partial charge >= 0.3 is 12.0 Å². The summed E-state index contributed by atoms with van der Waals surface area (Å²) in [6, 6.07) is 10.8. The Morgan fingerprint density at radius 3 is 2.57 bits per heavy atom. The number of hydrazone groups is 1. The number of nitro groups is 1. The first-order valence-electron chi connectivity index (χ1n) is 9.01. The van der Waals surface area contributed by atoms with Crippen LogP contribution < -0.4 is 10.1 Å². The fourth-order valence-corrected chi connectivity index (χ4v) is 2.67. The number of urea groups is 1. The number of nitrogens with zero attached hydrogens (tertiary/aromatic N) is 3. The molecule has 1 atom stereocenters. The number of nitro benzene ring substituents is 1. The predicted molar refractivity (Wildman–Crippen MR) is 106 cm³/mol. The lowest BCUT2D eigenvalue weighted by molar-refractivity contribution is -0.384. The number of ether oxygens (including phenoxy) is 1. The van der Waals surface area contributed by atoms with Crippen molar-refractivity contribution in [2.24, 2.45) is 5.10 Å². The van der Waals surface area contributed by atoms with Crippen LogP contribution in [-0.4, -0.2) is 39.6 Å². The van der Waals surface area contributed by atoms with Crippen LogP contribution in [0.4, 0.5) is 10.5 Å². The van der Waals surface area contributed by atoms with Gasteiger partial charge in [0.1, 0.15) is 11.3 Å². The van der Waals surface area contributed by atoms with E-state index >= 15 is 0 Å². The second kappa shape index (κ2) is 8.11. The van der Waals surface area contributed by atoms with Crippen LogP contribution in [0.3, 0.4) is 0 Å². The van der Waals surface area contributed by atoms with Gasteiger partial charge < -0.3 is 10.1 Å². The van der Waals surface area contributed by atoms with Gasteiger partial charge in [-0.3, -0.25) is 14.9 Å². The Balaban J connectivity index is 1.67. The van der Waals surface area contributed by atoms with E-state index in [0.717, 1.165) is 11.1 Å². The van der Waals surface area contributed by atoms with Gasteiger partial charge in [-0.1, -0.05) is 13.0 Å². The highest BCUT2D eigenvalue weighted by molar-refractivity contribution is 6.07. The fourth-order valence-electron chi connectivity index (χ4n) is 2.67. The maximum atomic E-state index is 12.3. The van der Waals surface area contributed by atoms with E-state index < -0.39 is 28.4 Å². The molecule has 154 valence electrons. The Bertz CT molecular complexity index is 1050. The number of rotatable bonds is 6. The summed E-state index contributed by atoms with van der Waals surface area (Å²) in [6.45, 7) is 3.42. The van der Waals surface area contributed by atoms with Gasteiger partial charge in [0.15, 0.2) is 0 Å². The number of imide groups is 1. The number of nitrogens with one attached hydrogen (secondary N) is 1. The molecule has 10 heteroatoms. The highest BCUT2D eigenvalue weighted by atomic mass is 16.6. The van der Waals surface area contributed by atoms with E-state index in [1.807, 2.05) is 0 Å². The predicted octanol–water partition coefficient (Wildman–Crippen LogP) is 2.87. The van der Waals surface area contributed by atoms with E-state index in [9.17, 15) is 24.5 Å². The van der Waals surface area contributed by atoms with E-state index in [-0.39, 0.29) is 17.0 Å². The van der Waals surface area contributed by atoms with Crippen molar-refractivity contribution < 1.29 is 24.0 Å². The van der Waals surface area contributed by atoms with Crippen molar-refractivity contribution in [3.8, 4) is 5.75 Å². The third-order valence-electron chi connectivity index (χ3n) is 4.65. The summed E-state index contributed by atoms with van der Waals surface area (Å²) in [6.07, 6.45) is 1.78. The minimum atomic E-state index is -0.973. The first kappa shape index (κ1) is 20.6. The number of carbonyl (C=O) groups excluding carboxylic acids is 3. The van der Waals surface area contributed by atoms with Crippen molar-refractivity contribution in [3.05, 3.63) is 69.8 Å². The maximum absolute atomic E-state index is 12.3. The summed E-state index contributed by atoms with van der Waals surface area (Å²) in [5.41, 5.74) is -0.571. The molecule has 10 nitrogen and oxygen atoms in total. The first-order valence-corrected chi connectivity index (χ1v) is 9.01. The van der Waals surface area contributed by atoms with Gasteiger partial charge in [-0.2, -0.15) is 5.10 Å². The maximum Gasteiger partial charge on any atom is 0.346 e. The van der Waals surface area contributed by atoms with E-state index in [1.165, 1.54) is 36.5 Å². The summed E-state index contributed by atoms with van der Waals surface area (Å²) in [5, 5.41) is 18.1. The first-order chi connectivity index (χ1) is 14.2. The number of carbonyl (C=O) groups is 3. The number of esters is 1. The van der Waals surface area contributed by atoms with Gasteiger partial charge in [-0.05, 0) is 49.2 Å². The summed E-state index contributed by atoms with van der Waals surface area (Å²) in [7, 11) is 0. The molecule has 30 heavy (non-hydrogen) atoms. The summed E-state index contributed by atoms with van der Waals surface area (Å²) >= 11 is 0. The quantitative estimate of drug-likeness (QED) is 0.195. The molecule has 1 saturated heterocycles. The standard InChI is InChI=1S/C20H18N4O6/c1-3-20(2)18(26)23(19(27)22-20)21-12-13-7-9-16(10-8-13)30-17(25)14-5-4-6-15(11-14)24(28)29/h4-12H,3H2,1-2H3,(H,22,27)/t20-/m0/s1. The molecule has 3 amide bonds. The third-order valence-corrected chi connectivity index (χ3v) is 4.65. The Kier molecular flexibility index (Phi) is 5.58. The molecule has 1 fully saturated rings. The van der Waals surface area contributed by atoms with Crippen LogP contribution in [0.1, 0.15) is 36.2 Å². The van der Waals surface area contributed by atoms with Crippen molar-refractivity contribution >= 4 is 29.8 Å². The Hall–Kier alpha value is -4.08. The number of benzene rings is 2. The molecule has 1 aliphatic rings. The van der Waals surface area contributed by atoms with Crippen molar-refractivity contribution in [2.45, 2.75) is 25.8 Å². The van der Waals surface area contributed by atoms with Crippen molar-refractivity contribution in [3.63, 3.8) is 0 Å². The molecule has 1 heterocycles. The van der Waals surface area contributed by atoms with Crippen LogP contribution in [0.25, 0.3) is 0 Å². The molecule has 0 unspecified atom stereocenters. The zero-order valence-corrected chi connectivity index (χ0v) is 16.2. The molecule has 1 aliphatic heterocycles. The lowest BCUT2D eigenvalue weighted by Crippen LogP contribution is -2.42. The van der Waals surface area contributed by atoms with Gasteiger partial charge in [0, 0.05) is 12.1 Å². The second-order valence-electron chi connectivity index (χ2n) is 6.74. The molecule has 0 saturated carbocycles. The SMILES string of the molecule is CC[C@]1(C)NC(=O)N(N=Cc2ccc(OC(=O)c3cccc([N+](=O)[O-])c3)cc2)C1=O. The van der Waals surface area contributed by atoms with Crippen LogP contribution in [0.15, 0.2) is 53.6 Å². The molecule has 3 rings (SSSR count). The molecule has 0 radical (unpaired) electrons. The number of non-ortho nitro benzene ring substituents is 1. The van der Waals surface area contributed by atoms with Crippen molar-refractivity contribution in [1.29, 1.82) is 0 Å². The number of hydrogen-bond acceptors (Lipinski definition) is 7. The number of hydrogen-bond donors (Lipinski definition) is 1. The largest absolute Gasteiger partial charge is 0.423 e. The molecule has 2 aromatic carbocycles. The lowest BCUT2D eigenvalue weighted by atomic mass is 10.00. The smallest absolute Gasteiger partial charge is 0.346 e. The van der Waals surface area contributed by atoms with Crippen LogP contribution in [-0.2, 0) is 4.79 Å². The van der Waals surface area contributed by atoms with Gasteiger partial charge in [-0.25, -0.2) is 9.59 Å². The molecule has 1 N–H and O–H groups in total. The molecule has 0 bridgehead atoms. The van der Waals surface area contributed by atoms with E-state index in [1.54, 1.807) is 26.0 Å². The molecular weight excluding hydrogens is 392 g/mol. The molecular formula is C20H18N4O6. The fraction of sp³-hybridized carbons (Fsp3) is 0.200. The van der Waals surface area contributed by atoms with Crippen LogP contribution in [0.2, 0.25) is 0 Å². The topological polar surface area (TPSA) is 131 Å². The lowest BCUT2D eigenvalue weighted by Gasteiger charge is -2.17. The second-order valence-corrected chi connectivity index (χ2v) is 6.74. The van der Waals surface area contributed by atoms with Crippen LogP contribution in [0.5, 0.6) is 5.75 Å². The summed E-state index contributed by atoms with van der Waals surface area (Å²) < 4.78 is 5.21. The minimum absolute atomic E-state index is 0.0485. The van der Waals surface area contributed by atoms with Gasteiger partial charge in [0.05, 0.1) is 16.7 Å². The zero-order valence-electron chi connectivity index (χ0n) is 16.2. The number of amides is 3.